The monoisotopic (exact) mass is 186 g/mol. The summed E-state index contributed by atoms with van der Waals surface area (Å²) in [5, 5.41) is 24.5. The van der Waals surface area contributed by atoms with Crippen LogP contribution in [0.4, 0.5) is 0 Å². The first kappa shape index (κ1) is 8.56. The van der Waals surface area contributed by atoms with Crippen molar-refractivity contribution >= 4 is 17.0 Å². The van der Waals surface area contributed by atoms with Gasteiger partial charge in [-0.3, -0.25) is 0 Å². The summed E-state index contributed by atoms with van der Waals surface area (Å²) in [7, 11) is 0. The summed E-state index contributed by atoms with van der Waals surface area (Å²) in [5.41, 5.74) is 0.422. The Bertz CT molecular complexity index is 492. The molecule has 0 aliphatic rings. The molecular formula is C11H8NO2-. The topological polar surface area (TPSA) is 55.7 Å². The van der Waals surface area contributed by atoms with Crippen molar-refractivity contribution in [1.29, 1.82) is 0 Å². The van der Waals surface area contributed by atoms with Crippen LogP contribution < -0.4 is 5.11 Å². The zero-order valence-corrected chi connectivity index (χ0v) is 7.34. The highest BCUT2D eigenvalue weighted by Gasteiger charge is 1.98. The lowest BCUT2D eigenvalue weighted by Gasteiger charge is -2.11. The minimum absolute atomic E-state index is 0.137. The second-order valence-corrected chi connectivity index (χ2v) is 2.94. The zero-order chi connectivity index (χ0) is 9.97. The highest BCUT2D eigenvalue weighted by molar-refractivity contribution is 6.01. The molecule has 0 aliphatic carbocycles. The molecule has 2 rings (SSSR count). The second kappa shape index (κ2) is 3.38. The third-order valence-electron chi connectivity index (χ3n) is 2.12. The molecule has 70 valence electrons. The molecule has 0 heterocycles. The molecule has 2 aromatic rings. The molecule has 0 amide bonds. The van der Waals surface area contributed by atoms with E-state index in [0.717, 1.165) is 10.8 Å². The molecule has 0 fully saturated rings. The fourth-order valence-corrected chi connectivity index (χ4v) is 1.47. The molecule has 0 radical (unpaired) electrons. The SMILES string of the molecule is [O-]c1ccc2ccccc2c1/C=N\O. The van der Waals surface area contributed by atoms with Gasteiger partial charge in [0.25, 0.3) is 0 Å². The van der Waals surface area contributed by atoms with Crippen LogP contribution in [-0.4, -0.2) is 11.4 Å². The van der Waals surface area contributed by atoms with Crippen molar-refractivity contribution < 1.29 is 10.3 Å². The van der Waals surface area contributed by atoms with Crippen LogP contribution in [-0.2, 0) is 0 Å². The number of hydrogen-bond donors (Lipinski definition) is 1. The zero-order valence-electron chi connectivity index (χ0n) is 7.34. The van der Waals surface area contributed by atoms with Gasteiger partial charge in [-0.15, -0.1) is 0 Å². The summed E-state index contributed by atoms with van der Waals surface area (Å²) in [5.74, 6) is -0.137. The normalized spacial score (nSPS) is 11.1. The highest BCUT2D eigenvalue weighted by Crippen LogP contribution is 2.23. The van der Waals surface area contributed by atoms with E-state index in [0.29, 0.717) is 5.56 Å². The smallest absolute Gasteiger partial charge is 0.0733 e. The third-order valence-corrected chi connectivity index (χ3v) is 2.12. The van der Waals surface area contributed by atoms with Crippen molar-refractivity contribution in [2.75, 3.05) is 0 Å². The van der Waals surface area contributed by atoms with Gasteiger partial charge in [0.15, 0.2) is 0 Å². The summed E-state index contributed by atoms with van der Waals surface area (Å²) in [6.45, 7) is 0. The molecule has 3 nitrogen and oxygen atoms in total. The lowest BCUT2D eigenvalue weighted by Crippen LogP contribution is -1.96. The molecule has 1 N–H and O–H groups in total. The van der Waals surface area contributed by atoms with E-state index in [-0.39, 0.29) is 5.75 Å². The summed E-state index contributed by atoms with van der Waals surface area (Å²) < 4.78 is 0. The van der Waals surface area contributed by atoms with Crippen LogP contribution in [0.3, 0.4) is 0 Å². The largest absolute Gasteiger partial charge is 0.872 e. The molecule has 0 atom stereocenters. The molecule has 0 saturated carbocycles. The summed E-state index contributed by atoms with van der Waals surface area (Å²) in [4.78, 5) is 0. The maximum atomic E-state index is 11.4. The Morgan fingerprint density at radius 2 is 1.93 bits per heavy atom. The fraction of sp³-hybridized carbons (Fsp3) is 0. The molecule has 2 aromatic carbocycles. The molecule has 14 heavy (non-hydrogen) atoms. The van der Waals surface area contributed by atoms with E-state index in [2.05, 4.69) is 5.16 Å². The molecule has 0 aliphatic heterocycles. The maximum absolute atomic E-state index is 11.4. The van der Waals surface area contributed by atoms with Crippen LogP contribution in [0.25, 0.3) is 10.8 Å². The molecular weight excluding hydrogens is 178 g/mol. The minimum atomic E-state index is -0.137. The van der Waals surface area contributed by atoms with Gasteiger partial charge in [-0.1, -0.05) is 47.3 Å². The second-order valence-electron chi connectivity index (χ2n) is 2.94. The van der Waals surface area contributed by atoms with E-state index in [1.165, 1.54) is 12.3 Å². The highest BCUT2D eigenvalue weighted by atomic mass is 16.4. The Hall–Kier alpha value is -2.03. The summed E-state index contributed by atoms with van der Waals surface area (Å²) >= 11 is 0. The van der Waals surface area contributed by atoms with Gasteiger partial charge in [0, 0.05) is 0 Å². The molecule has 0 spiro atoms. The van der Waals surface area contributed by atoms with E-state index in [1.807, 2.05) is 24.3 Å². The maximum Gasteiger partial charge on any atom is 0.0733 e. The van der Waals surface area contributed by atoms with Crippen LogP contribution in [0.5, 0.6) is 5.75 Å². The molecule has 0 bridgehead atoms. The van der Waals surface area contributed by atoms with E-state index >= 15 is 0 Å². The number of hydrogen-bond acceptors (Lipinski definition) is 3. The van der Waals surface area contributed by atoms with Crippen molar-refractivity contribution in [3.05, 3.63) is 42.0 Å². The fourth-order valence-electron chi connectivity index (χ4n) is 1.47. The number of oxime groups is 1. The van der Waals surface area contributed by atoms with Crippen LogP contribution in [0, 0.1) is 0 Å². The average molecular weight is 186 g/mol. The van der Waals surface area contributed by atoms with Gasteiger partial charge < -0.3 is 10.3 Å². The van der Waals surface area contributed by atoms with E-state index in [1.54, 1.807) is 6.07 Å². The lowest BCUT2D eigenvalue weighted by atomic mass is 10.0. The minimum Gasteiger partial charge on any atom is -0.872 e. The van der Waals surface area contributed by atoms with E-state index in [9.17, 15) is 5.11 Å². The first-order valence-electron chi connectivity index (χ1n) is 4.19. The van der Waals surface area contributed by atoms with Crippen molar-refractivity contribution in [1.82, 2.24) is 0 Å². The predicted molar refractivity (Wildman–Crippen MR) is 52.8 cm³/mol. The van der Waals surface area contributed by atoms with E-state index < -0.39 is 0 Å². The van der Waals surface area contributed by atoms with Gasteiger partial charge in [0.05, 0.1) is 6.21 Å². The first-order chi connectivity index (χ1) is 6.83. The van der Waals surface area contributed by atoms with Crippen LogP contribution in [0.1, 0.15) is 5.56 Å². The lowest BCUT2D eigenvalue weighted by molar-refractivity contribution is -0.268. The van der Waals surface area contributed by atoms with Crippen molar-refractivity contribution in [2.24, 2.45) is 5.16 Å². The quantitative estimate of drug-likeness (QED) is 0.419. The Labute approximate surface area is 80.9 Å². The Morgan fingerprint density at radius 3 is 2.71 bits per heavy atom. The molecule has 0 saturated heterocycles. The number of rotatable bonds is 1. The number of fused-ring (bicyclic) bond motifs is 1. The Kier molecular flexibility index (Phi) is 2.07. The van der Waals surface area contributed by atoms with E-state index in [4.69, 9.17) is 5.21 Å². The van der Waals surface area contributed by atoms with Crippen molar-refractivity contribution in [2.45, 2.75) is 0 Å². The molecule has 3 heteroatoms. The van der Waals surface area contributed by atoms with Gasteiger partial charge >= 0.3 is 0 Å². The van der Waals surface area contributed by atoms with Crippen LogP contribution in [0.2, 0.25) is 0 Å². The summed E-state index contributed by atoms with van der Waals surface area (Å²) in [6, 6.07) is 10.7. The number of benzene rings is 2. The van der Waals surface area contributed by atoms with Crippen LogP contribution in [0.15, 0.2) is 41.6 Å². The van der Waals surface area contributed by atoms with Crippen molar-refractivity contribution in [3.63, 3.8) is 0 Å². The van der Waals surface area contributed by atoms with Crippen molar-refractivity contribution in [3.8, 4) is 5.75 Å². The predicted octanol–water partition coefficient (Wildman–Crippen LogP) is 1.72. The standard InChI is InChI=1S/C11H9NO2/c13-11-6-5-8-3-1-2-4-9(8)10(11)7-12-14/h1-7,13-14H/p-1/b12-7-. The van der Waals surface area contributed by atoms with Gasteiger partial charge in [-0.2, -0.15) is 0 Å². The van der Waals surface area contributed by atoms with Gasteiger partial charge in [0.1, 0.15) is 0 Å². The summed E-state index contributed by atoms with van der Waals surface area (Å²) in [6.07, 6.45) is 1.17. The molecule has 0 unspecified atom stereocenters. The van der Waals surface area contributed by atoms with Gasteiger partial charge in [0.2, 0.25) is 0 Å². The Morgan fingerprint density at radius 1 is 1.14 bits per heavy atom. The first-order valence-corrected chi connectivity index (χ1v) is 4.19. The van der Waals surface area contributed by atoms with Gasteiger partial charge in [-0.05, 0) is 16.3 Å². The average Bonchev–Trinajstić information content (AvgIpc) is 2.23. The van der Waals surface area contributed by atoms with Gasteiger partial charge in [-0.25, -0.2) is 0 Å². The van der Waals surface area contributed by atoms with Crippen LogP contribution >= 0.6 is 0 Å². The Balaban J connectivity index is 2.82. The third kappa shape index (κ3) is 1.29. The molecule has 0 aromatic heterocycles. The number of nitrogens with zero attached hydrogens (tertiary/aromatic N) is 1.